The highest BCUT2D eigenvalue weighted by atomic mass is 32.1. The van der Waals surface area contributed by atoms with Gasteiger partial charge in [0.1, 0.15) is 5.56 Å². The molecule has 4 rings (SSSR count). The number of carbonyl (C=O) groups is 1. The zero-order valence-electron chi connectivity index (χ0n) is 16.9. The summed E-state index contributed by atoms with van der Waals surface area (Å²) in [5, 5.41) is 13.7. The number of aryl methyl sites for hydroxylation is 1. The molecule has 3 aromatic rings. The molecule has 0 radical (unpaired) electrons. The predicted molar refractivity (Wildman–Crippen MR) is 108 cm³/mol. The number of thiophene rings is 1. The summed E-state index contributed by atoms with van der Waals surface area (Å²) >= 11 is 1.47. The Morgan fingerprint density at radius 3 is 2.71 bits per heavy atom. The van der Waals surface area contributed by atoms with Gasteiger partial charge in [0.2, 0.25) is 0 Å². The zero-order chi connectivity index (χ0) is 22.3. The SMILES string of the molecule is CCOC(=O)c1cnn(-c2cccc(-c3sc(C)c(C4CC4)c3CO)n2)c1C(F)(F)F. The third kappa shape index (κ3) is 3.97. The quantitative estimate of drug-likeness (QED) is 0.541. The average Bonchev–Trinajstić information content (AvgIpc) is 3.34. The van der Waals surface area contributed by atoms with E-state index in [0.717, 1.165) is 39.9 Å². The molecule has 0 bridgehead atoms. The summed E-state index contributed by atoms with van der Waals surface area (Å²) in [4.78, 5) is 18.2. The fourth-order valence-corrected chi connectivity index (χ4v) is 4.92. The summed E-state index contributed by atoms with van der Waals surface area (Å²) < 4.78 is 46.7. The van der Waals surface area contributed by atoms with Crippen LogP contribution in [0.5, 0.6) is 0 Å². The van der Waals surface area contributed by atoms with Crippen LogP contribution in [0.2, 0.25) is 0 Å². The van der Waals surface area contributed by atoms with Gasteiger partial charge in [-0.15, -0.1) is 11.3 Å². The topological polar surface area (TPSA) is 77.2 Å². The molecule has 10 heteroatoms. The molecular weight excluding hydrogens is 431 g/mol. The Labute approximate surface area is 180 Å². The van der Waals surface area contributed by atoms with Gasteiger partial charge in [0.05, 0.1) is 30.0 Å². The molecule has 1 saturated carbocycles. The Kier molecular flexibility index (Phi) is 5.61. The van der Waals surface area contributed by atoms with E-state index >= 15 is 0 Å². The number of halogens is 3. The fourth-order valence-electron chi connectivity index (χ4n) is 3.70. The van der Waals surface area contributed by atoms with Crippen LogP contribution in [0.1, 0.15) is 57.7 Å². The molecule has 0 aromatic carbocycles. The van der Waals surface area contributed by atoms with Crippen LogP contribution in [0.15, 0.2) is 24.4 Å². The van der Waals surface area contributed by atoms with Gasteiger partial charge >= 0.3 is 12.1 Å². The molecule has 1 aliphatic rings. The van der Waals surface area contributed by atoms with E-state index in [1.54, 1.807) is 12.1 Å². The molecule has 0 aliphatic heterocycles. The molecule has 0 saturated heterocycles. The van der Waals surface area contributed by atoms with Gasteiger partial charge in [-0.05, 0) is 50.3 Å². The maximum atomic E-state index is 13.8. The van der Waals surface area contributed by atoms with Gasteiger partial charge in [-0.3, -0.25) is 0 Å². The molecular formula is C21H20F3N3O3S. The second kappa shape index (κ2) is 8.08. The van der Waals surface area contributed by atoms with E-state index in [1.807, 2.05) is 6.92 Å². The first-order valence-corrected chi connectivity index (χ1v) is 10.6. The number of carbonyl (C=O) groups excluding carboxylic acids is 1. The number of aliphatic hydroxyl groups excluding tert-OH is 1. The van der Waals surface area contributed by atoms with E-state index in [9.17, 15) is 23.1 Å². The van der Waals surface area contributed by atoms with Gasteiger partial charge in [0, 0.05) is 10.4 Å². The van der Waals surface area contributed by atoms with Crippen LogP contribution >= 0.6 is 11.3 Å². The number of hydrogen-bond donors (Lipinski definition) is 1. The van der Waals surface area contributed by atoms with Crippen LogP contribution in [-0.2, 0) is 17.5 Å². The van der Waals surface area contributed by atoms with Gasteiger partial charge in [0.15, 0.2) is 11.5 Å². The highest BCUT2D eigenvalue weighted by molar-refractivity contribution is 7.15. The molecule has 31 heavy (non-hydrogen) atoms. The van der Waals surface area contributed by atoms with Crippen molar-refractivity contribution >= 4 is 17.3 Å². The fraction of sp³-hybridized carbons (Fsp3) is 0.381. The van der Waals surface area contributed by atoms with Crippen molar-refractivity contribution < 1.29 is 27.8 Å². The van der Waals surface area contributed by atoms with Gasteiger partial charge < -0.3 is 9.84 Å². The number of alkyl halides is 3. The summed E-state index contributed by atoms with van der Waals surface area (Å²) in [5.74, 6) is -0.753. The minimum atomic E-state index is -4.84. The van der Waals surface area contributed by atoms with Crippen LogP contribution in [-0.4, -0.2) is 32.4 Å². The maximum absolute atomic E-state index is 13.8. The third-order valence-corrected chi connectivity index (χ3v) is 6.28. The number of hydrogen-bond acceptors (Lipinski definition) is 6. The second-order valence-electron chi connectivity index (χ2n) is 7.23. The lowest BCUT2D eigenvalue weighted by Gasteiger charge is -2.12. The molecule has 6 nitrogen and oxygen atoms in total. The van der Waals surface area contributed by atoms with E-state index in [1.165, 1.54) is 24.3 Å². The molecule has 1 N–H and O–H groups in total. The molecule has 0 atom stereocenters. The first-order valence-electron chi connectivity index (χ1n) is 9.79. The smallest absolute Gasteiger partial charge is 0.434 e. The molecule has 0 spiro atoms. The van der Waals surface area contributed by atoms with E-state index in [4.69, 9.17) is 4.74 Å². The number of aromatic nitrogens is 3. The Bertz CT molecular complexity index is 1130. The minimum absolute atomic E-state index is 0.0555. The van der Waals surface area contributed by atoms with Crippen molar-refractivity contribution in [2.24, 2.45) is 0 Å². The number of rotatable bonds is 6. The first-order chi connectivity index (χ1) is 14.8. The van der Waals surface area contributed by atoms with E-state index in [-0.39, 0.29) is 19.0 Å². The van der Waals surface area contributed by atoms with E-state index < -0.39 is 23.4 Å². The molecule has 0 unspecified atom stereocenters. The molecule has 1 fully saturated rings. The van der Waals surface area contributed by atoms with Crippen LogP contribution in [0, 0.1) is 6.92 Å². The van der Waals surface area contributed by atoms with Crippen LogP contribution in [0.4, 0.5) is 13.2 Å². The number of ether oxygens (including phenoxy) is 1. The van der Waals surface area contributed by atoms with E-state index in [2.05, 4.69) is 10.1 Å². The van der Waals surface area contributed by atoms with Crippen molar-refractivity contribution in [1.29, 1.82) is 0 Å². The van der Waals surface area contributed by atoms with Gasteiger partial charge in [-0.25, -0.2) is 14.5 Å². The summed E-state index contributed by atoms with van der Waals surface area (Å²) in [7, 11) is 0. The molecule has 3 aromatic heterocycles. The van der Waals surface area contributed by atoms with Crippen LogP contribution in [0.3, 0.4) is 0 Å². The number of pyridine rings is 1. The van der Waals surface area contributed by atoms with Gasteiger partial charge in [-0.1, -0.05) is 6.07 Å². The molecule has 0 amide bonds. The zero-order valence-corrected chi connectivity index (χ0v) is 17.7. The Morgan fingerprint density at radius 2 is 2.10 bits per heavy atom. The number of esters is 1. The van der Waals surface area contributed by atoms with Gasteiger partial charge in [-0.2, -0.15) is 18.3 Å². The predicted octanol–water partition coefficient (Wildman–Crippen LogP) is 4.87. The summed E-state index contributed by atoms with van der Waals surface area (Å²) in [6.07, 6.45) is -1.87. The molecule has 3 heterocycles. The molecule has 1 aliphatic carbocycles. The van der Waals surface area contributed by atoms with Crippen molar-refractivity contribution in [3.8, 4) is 16.4 Å². The standard InChI is InChI=1S/C21H20F3N3O3S/c1-3-30-20(29)13-9-25-27(19(13)21(22,23)24)16-6-4-5-15(26-16)18-14(10-28)17(11(2)31-18)12-7-8-12/h4-6,9,12,28H,3,7-8,10H2,1-2H3. The summed E-state index contributed by atoms with van der Waals surface area (Å²) in [5.41, 5.74) is 0.440. The van der Waals surface area contributed by atoms with Gasteiger partial charge in [0.25, 0.3) is 0 Å². The van der Waals surface area contributed by atoms with E-state index in [0.29, 0.717) is 16.3 Å². The van der Waals surface area contributed by atoms with Crippen molar-refractivity contribution in [1.82, 2.24) is 14.8 Å². The Morgan fingerprint density at radius 1 is 1.35 bits per heavy atom. The van der Waals surface area contributed by atoms with Crippen molar-refractivity contribution in [3.63, 3.8) is 0 Å². The highest BCUT2D eigenvalue weighted by Crippen LogP contribution is 2.49. The molecule has 164 valence electrons. The normalized spacial score (nSPS) is 14.1. The largest absolute Gasteiger partial charge is 0.462 e. The summed E-state index contributed by atoms with van der Waals surface area (Å²) in [6, 6.07) is 4.66. The lowest BCUT2D eigenvalue weighted by molar-refractivity contribution is -0.143. The van der Waals surface area contributed by atoms with Crippen LogP contribution < -0.4 is 0 Å². The van der Waals surface area contributed by atoms with Crippen molar-refractivity contribution in [3.05, 3.63) is 51.7 Å². The lowest BCUT2D eigenvalue weighted by Crippen LogP contribution is -2.19. The second-order valence-corrected chi connectivity index (χ2v) is 8.45. The lowest BCUT2D eigenvalue weighted by atomic mass is 10.0. The van der Waals surface area contributed by atoms with Crippen molar-refractivity contribution in [2.45, 2.75) is 45.4 Å². The Hall–Kier alpha value is -2.72. The van der Waals surface area contributed by atoms with Crippen molar-refractivity contribution in [2.75, 3.05) is 6.61 Å². The number of nitrogens with zero attached hydrogens (tertiary/aromatic N) is 3. The first kappa shape index (κ1) is 21.5. The number of aliphatic hydroxyl groups is 1. The Balaban J connectivity index is 1.82. The highest BCUT2D eigenvalue weighted by Gasteiger charge is 2.41. The monoisotopic (exact) mass is 451 g/mol. The van der Waals surface area contributed by atoms with Crippen LogP contribution in [0.25, 0.3) is 16.4 Å². The minimum Gasteiger partial charge on any atom is -0.462 e. The third-order valence-electron chi connectivity index (χ3n) is 5.09. The summed E-state index contributed by atoms with van der Waals surface area (Å²) in [6.45, 7) is 3.27. The average molecular weight is 451 g/mol. The maximum Gasteiger partial charge on any atom is 0.434 e.